The van der Waals surface area contributed by atoms with Crippen LogP contribution >= 0.6 is 27.7 Å². The van der Waals surface area contributed by atoms with E-state index in [2.05, 4.69) is 26.1 Å². The van der Waals surface area contributed by atoms with E-state index in [4.69, 9.17) is 0 Å². The van der Waals surface area contributed by atoms with Crippen LogP contribution in [0.15, 0.2) is 16.6 Å². The Morgan fingerprint density at radius 1 is 1.37 bits per heavy atom. The number of nitrogens with one attached hydrogen (secondary N) is 1. The minimum atomic E-state index is -1.04. The van der Waals surface area contributed by atoms with Crippen LogP contribution in [0.25, 0.3) is 0 Å². The summed E-state index contributed by atoms with van der Waals surface area (Å²) in [5.74, 6) is 1.98. The number of halogens is 1. The topological polar surface area (TPSA) is 52.6 Å². The molecule has 0 saturated carbocycles. The van der Waals surface area contributed by atoms with Crippen molar-refractivity contribution >= 4 is 45.0 Å². The van der Waals surface area contributed by atoms with Crippen LogP contribution in [-0.4, -0.2) is 35.6 Å². The van der Waals surface area contributed by atoms with Crippen molar-refractivity contribution in [2.45, 2.75) is 12.5 Å². The van der Waals surface area contributed by atoms with Gasteiger partial charge in [0.2, 0.25) is 0 Å². The Hall–Kier alpha value is -0.720. The number of aliphatic hydroxyl groups is 1. The highest BCUT2D eigenvalue weighted by molar-refractivity contribution is 9.10. The molecule has 0 aromatic heterocycles. The number of hydrogen-bond donors (Lipinski definition) is 2. The molecule has 1 atom stereocenters. The normalized spacial score (nSPS) is 22.9. The van der Waals surface area contributed by atoms with Crippen LogP contribution in [-0.2, 0) is 4.79 Å². The molecule has 1 saturated heterocycles. The molecule has 1 fully saturated rings. The fourth-order valence-electron chi connectivity index (χ4n) is 2.48. The lowest BCUT2D eigenvalue weighted by Gasteiger charge is -2.24. The van der Waals surface area contributed by atoms with Crippen LogP contribution in [0.4, 0.5) is 11.4 Å². The molecule has 0 bridgehead atoms. The maximum Gasteiger partial charge on any atom is 0.257 e. The smallest absolute Gasteiger partial charge is 0.257 e. The summed E-state index contributed by atoms with van der Waals surface area (Å²) in [5.41, 5.74) is 2.48. The van der Waals surface area contributed by atoms with Gasteiger partial charge in [-0.05, 0) is 40.2 Å². The average molecular weight is 343 g/mol. The molecule has 1 aromatic carbocycles. The first-order chi connectivity index (χ1) is 9.16. The van der Waals surface area contributed by atoms with Crippen LogP contribution in [0.2, 0.25) is 0 Å². The molecule has 6 heteroatoms. The molecule has 0 spiro atoms. The van der Waals surface area contributed by atoms with E-state index in [1.807, 2.05) is 23.9 Å². The molecule has 2 aliphatic heterocycles. The number of thioether (sulfide) groups is 1. The van der Waals surface area contributed by atoms with Crippen molar-refractivity contribution in [3.63, 3.8) is 0 Å². The molecule has 19 heavy (non-hydrogen) atoms. The second kappa shape index (κ2) is 5.34. The quantitative estimate of drug-likeness (QED) is 0.822. The molecule has 3 rings (SSSR count). The molecule has 0 aliphatic carbocycles. The zero-order chi connectivity index (χ0) is 13.4. The molecule has 1 amide bonds. The minimum absolute atomic E-state index is 0.342. The van der Waals surface area contributed by atoms with Gasteiger partial charge in [0.25, 0.3) is 5.91 Å². The van der Waals surface area contributed by atoms with Gasteiger partial charge in [-0.3, -0.25) is 4.79 Å². The number of rotatable bonds is 1. The Balaban J connectivity index is 1.95. The third-order valence-electron chi connectivity index (χ3n) is 3.48. The van der Waals surface area contributed by atoms with Crippen molar-refractivity contribution in [3.05, 3.63) is 22.2 Å². The number of amides is 1. The van der Waals surface area contributed by atoms with Crippen LogP contribution < -0.4 is 10.2 Å². The Morgan fingerprint density at radius 2 is 2.21 bits per heavy atom. The predicted octanol–water partition coefficient (Wildman–Crippen LogP) is 2.38. The maximum atomic E-state index is 11.5. The Kier molecular flexibility index (Phi) is 3.73. The number of carbonyl (C=O) groups excluding carboxylic acids is 1. The maximum absolute atomic E-state index is 11.5. The number of benzene rings is 1. The first-order valence-corrected chi connectivity index (χ1v) is 8.26. The van der Waals surface area contributed by atoms with E-state index in [9.17, 15) is 9.90 Å². The van der Waals surface area contributed by atoms with Crippen molar-refractivity contribution in [1.29, 1.82) is 0 Å². The molecule has 1 unspecified atom stereocenters. The lowest BCUT2D eigenvalue weighted by Crippen LogP contribution is -2.25. The Morgan fingerprint density at radius 3 is 3.05 bits per heavy atom. The first-order valence-electron chi connectivity index (χ1n) is 6.32. The van der Waals surface area contributed by atoms with E-state index >= 15 is 0 Å². The van der Waals surface area contributed by atoms with Crippen LogP contribution in [0.1, 0.15) is 18.1 Å². The summed E-state index contributed by atoms with van der Waals surface area (Å²) in [6.07, 6.45) is 0.128. The summed E-state index contributed by atoms with van der Waals surface area (Å²) in [6.45, 7) is 2.04. The molecule has 2 aliphatic rings. The summed E-state index contributed by atoms with van der Waals surface area (Å²) >= 11 is 5.54. The highest BCUT2D eigenvalue weighted by Crippen LogP contribution is 2.39. The number of fused-ring (bicyclic) bond motifs is 1. The fraction of sp³-hybridized carbons (Fsp3) is 0.462. The standard InChI is InChI=1S/C13H15BrN2O2S/c14-9-6-8-10(15-13(18)12(8)17)7-11(9)16-2-1-4-19-5-3-16/h6-7,12,17H,1-5H2,(H,15,18). The summed E-state index contributed by atoms with van der Waals surface area (Å²) in [4.78, 5) is 13.8. The van der Waals surface area contributed by atoms with E-state index in [1.165, 1.54) is 12.2 Å². The SMILES string of the molecule is O=C1Nc2cc(N3CCCSCC3)c(Br)cc2C1O. The summed E-state index contributed by atoms with van der Waals surface area (Å²) in [7, 11) is 0. The third-order valence-corrected chi connectivity index (χ3v) is 5.17. The molecular weight excluding hydrogens is 328 g/mol. The van der Waals surface area contributed by atoms with Crippen molar-refractivity contribution < 1.29 is 9.90 Å². The van der Waals surface area contributed by atoms with Crippen molar-refractivity contribution in [1.82, 2.24) is 0 Å². The van der Waals surface area contributed by atoms with E-state index in [-0.39, 0.29) is 5.91 Å². The Bertz CT molecular complexity index is 516. The summed E-state index contributed by atoms with van der Waals surface area (Å²) in [6, 6.07) is 3.81. The van der Waals surface area contributed by atoms with Crippen LogP contribution in [0, 0.1) is 0 Å². The van der Waals surface area contributed by atoms with Gasteiger partial charge in [-0.2, -0.15) is 11.8 Å². The number of anilines is 2. The third kappa shape index (κ3) is 2.49. The van der Waals surface area contributed by atoms with E-state index in [0.717, 1.165) is 34.7 Å². The van der Waals surface area contributed by atoms with Crippen molar-refractivity contribution in [2.75, 3.05) is 34.8 Å². The average Bonchev–Trinajstić information content (AvgIpc) is 2.63. The van der Waals surface area contributed by atoms with Gasteiger partial charge in [0.1, 0.15) is 0 Å². The van der Waals surface area contributed by atoms with Gasteiger partial charge < -0.3 is 15.3 Å². The predicted molar refractivity (Wildman–Crippen MR) is 81.9 cm³/mol. The molecule has 2 heterocycles. The molecular formula is C13H15BrN2O2S. The van der Waals surface area contributed by atoms with E-state index in [1.54, 1.807) is 0 Å². The zero-order valence-corrected chi connectivity index (χ0v) is 12.8. The summed E-state index contributed by atoms with van der Waals surface area (Å²) in [5, 5.41) is 12.5. The molecule has 2 N–H and O–H groups in total. The Labute approximate surface area is 124 Å². The molecule has 4 nitrogen and oxygen atoms in total. The van der Waals surface area contributed by atoms with Crippen molar-refractivity contribution in [2.24, 2.45) is 0 Å². The van der Waals surface area contributed by atoms with Crippen LogP contribution in [0.3, 0.4) is 0 Å². The van der Waals surface area contributed by atoms with Gasteiger partial charge in [0.05, 0.1) is 5.69 Å². The van der Waals surface area contributed by atoms with Gasteiger partial charge in [0.15, 0.2) is 6.10 Å². The number of hydrogen-bond acceptors (Lipinski definition) is 4. The van der Waals surface area contributed by atoms with Crippen LogP contribution in [0.5, 0.6) is 0 Å². The van der Waals surface area contributed by atoms with Crippen molar-refractivity contribution in [3.8, 4) is 0 Å². The monoisotopic (exact) mass is 342 g/mol. The van der Waals surface area contributed by atoms with Gasteiger partial charge in [0, 0.05) is 34.6 Å². The second-order valence-electron chi connectivity index (χ2n) is 4.74. The van der Waals surface area contributed by atoms with Gasteiger partial charge >= 0.3 is 0 Å². The lowest BCUT2D eigenvalue weighted by molar-refractivity contribution is -0.123. The minimum Gasteiger partial charge on any atom is -0.378 e. The van der Waals surface area contributed by atoms with Gasteiger partial charge in [-0.15, -0.1) is 0 Å². The van der Waals surface area contributed by atoms with Gasteiger partial charge in [-0.1, -0.05) is 0 Å². The fourth-order valence-corrected chi connectivity index (χ4v) is 3.98. The lowest BCUT2D eigenvalue weighted by atomic mass is 10.1. The first kappa shape index (κ1) is 13.3. The molecule has 1 aromatic rings. The van der Waals surface area contributed by atoms with Gasteiger partial charge in [-0.25, -0.2) is 0 Å². The van der Waals surface area contributed by atoms with E-state index in [0.29, 0.717) is 5.56 Å². The highest BCUT2D eigenvalue weighted by Gasteiger charge is 2.30. The molecule has 0 radical (unpaired) electrons. The number of nitrogens with zero attached hydrogens (tertiary/aromatic N) is 1. The second-order valence-corrected chi connectivity index (χ2v) is 6.81. The number of carbonyl (C=O) groups is 1. The zero-order valence-electron chi connectivity index (χ0n) is 10.4. The largest absolute Gasteiger partial charge is 0.378 e. The molecule has 102 valence electrons. The number of aliphatic hydroxyl groups excluding tert-OH is 1. The highest BCUT2D eigenvalue weighted by atomic mass is 79.9. The van der Waals surface area contributed by atoms with E-state index < -0.39 is 6.10 Å². The summed E-state index contributed by atoms with van der Waals surface area (Å²) < 4.78 is 0.939.